The molecule has 0 aromatic carbocycles. The highest BCUT2D eigenvalue weighted by atomic mass is 35.5. The molecular formula is C17H20ClN3O2S2. The molecule has 0 unspecified atom stereocenters. The molecule has 1 aliphatic rings. The monoisotopic (exact) mass is 397 g/mol. The van der Waals surface area contributed by atoms with Crippen molar-refractivity contribution in [3.8, 4) is 0 Å². The summed E-state index contributed by atoms with van der Waals surface area (Å²) >= 11 is 8.61. The molecule has 0 N–H and O–H groups in total. The molecule has 0 aliphatic carbocycles. The van der Waals surface area contributed by atoms with E-state index in [0.717, 1.165) is 12.1 Å². The van der Waals surface area contributed by atoms with E-state index in [1.165, 1.54) is 22.7 Å². The fourth-order valence-electron chi connectivity index (χ4n) is 2.69. The SMILES string of the molecule is CC(C)c1csc(C(=O)N2CCCN(C(=O)c3ccc(Cl)s3)CC2)n1. The van der Waals surface area contributed by atoms with Crippen molar-refractivity contribution in [2.24, 2.45) is 0 Å². The highest BCUT2D eigenvalue weighted by Gasteiger charge is 2.25. The van der Waals surface area contributed by atoms with Crippen LogP contribution in [0.5, 0.6) is 0 Å². The van der Waals surface area contributed by atoms with Gasteiger partial charge >= 0.3 is 0 Å². The average molecular weight is 398 g/mol. The van der Waals surface area contributed by atoms with Crippen LogP contribution in [0.3, 0.4) is 0 Å². The molecule has 134 valence electrons. The highest BCUT2D eigenvalue weighted by Crippen LogP contribution is 2.24. The number of aromatic nitrogens is 1. The Morgan fingerprint density at radius 2 is 1.80 bits per heavy atom. The third kappa shape index (κ3) is 4.22. The van der Waals surface area contributed by atoms with Gasteiger partial charge in [0.2, 0.25) is 0 Å². The normalized spacial score (nSPS) is 15.5. The van der Waals surface area contributed by atoms with Gasteiger partial charge in [-0.05, 0) is 24.5 Å². The minimum absolute atomic E-state index is 0.0115. The lowest BCUT2D eigenvalue weighted by molar-refractivity contribution is 0.0721. The molecule has 0 spiro atoms. The first-order valence-corrected chi connectivity index (χ1v) is 10.3. The minimum Gasteiger partial charge on any atom is -0.336 e. The quantitative estimate of drug-likeness (QED) is 0.787. The van der Waals surface area contributed by atoms with Gasteiger partial charge in [-0.15, -0.1) is 22.7 Å². The fraction of sp³-hybridized carbons (Fsp3) is 0.471. The number of halogens is 1. The molecule has 2 aromatic rings. The molecule has 5 nitrogen and oxygen atoms in total. The first-order chi connectivity index (χ1) is 12.0. The molecule has 8 heteroatoms. The van der Waals surface area contributed by atoms with Crippen molar-refractivity contribution in [3.05, 3.63) is 37.4 Å². The molecule has 3 heterocycles. The zero-order chi connectivity index (χ0) is 18.0. The molecule has 1 aliphatic heterocycles. The molecule has 1 fully saturated rings. The molecule has 25 heavy (non-hydrogen) atoms. The Morgan fingerprint density at radius 1 is 1.12 bits per heavy atom. The van der Waals surface area contributed by atoms with E-state index < -0.39 is 0 Å². The minimum atomic E-state index is -0.0367. The fourth-order valence-corrected chi connectivity index (χ4v) is 4.65. The van der Waals surface area contributed by atoms with Crippen LogP contribution in [0.25, 0.3) is 0 Å². The largest absolute Gasteiger partial charge is 0.336 e. The van der Waals surface area contributed by atoms with Gasteiger partial charge in [-0.3, -0.25) is 9.59 Å². The summed E-state index contributed by atoms with van der Waals surface area (Å²) in [5, 5.41) is 2.49. The van der Waals surface area contributed by atoms with Gasteiger partial charge in [-0.1, -0.05) is 25.4 Å². The van der Waals surface area contributed by atoms with Crippen molar-refractivity contribution in [2.75, 3.05) is 26.2 Å². The number of thiazole rings is 1. The molecule has 2 amide bonds. The Bertz CT molecular complexity index is 772. The van der Waals surface area contributed by atoms with Crippen molar-refractivity contribution in [1.82, 2.24) is 14.8 Å². The van der Waals surface area contributed by atoms with Gasteiger partial charge < -0.3 is 9.80 Å². The number of amides is 2. The van der Waals surface area contributed by atoms with Crippen molar-refractivity contribution >= 4 is 46.1 Å². The molecule has 0 radical (unpaired) electrons. The van der Waals surface area contributed by atoms with Crippen LogP contribution in [0.1, 0.15) is 51.4 Å². The van der Waals surface area contributed by atoms with Crippen molar-refractivity contribution < 1.29 is 9.59 Å². The third-order valence-corrected chi connectivity index (χ3v) is 6.22. The van der Waals surface area contributed by atoms with E-state index in [4.69, 9.17) is 11.6 Å². The van der Waals surface area contributed by atoms with E-state index in [1.54, 1.807) is 21.9 Å². The molecule has 0 atom stereocenters. The summed E-state index contributed by atoms with van der Waals surface area (Å²) in [5.41, 5.74) is 0.953. The van der Waals surface area contributed by atoms with Gasteiger partial charge in [0.1, 0.15) is 0 Å². The molecular weight excluding hydrogens is 378 g/mol. The van der Waals surface area contributed by atoms with Gasteiger partial charge in [0.15, 0.2) is 5.01 Å². The number of hydrogen-bond acceptors (Lipinski definition) is 5. The maximum absolute atomic E-state index is 12.7. The van der Waals surface area contributed by atoms with E-state index in [0.29, 0.717) is 46.3 Å². The Hall–Kier alpha value is -1.44. The summed E-state index contributed by atoms with van der Waals surface area (Å²) in [4.78, 5) is 34.0. The smallest absolute Gasteiger partial charge is 0.282 e. The maximum Gasteiger partial charge on any atom is 0.282 e. The predicted octanol–water partition coefficient (Wildman–Crippen LogP) is 3.97. The van der Waals surface area contributed by atoms with Gasteiger partial charge in [-0.25, -0.2) is 4.98 Å². The van der Waals surface area contributed by atoms with E-state index in [-0.39, 0.29) is 11.8 Å². The molecule has 2 aromatic heterocycles. The topological polar surface area (TPSA) is 53.5 Å². The Morgan fingerprint density at radius 3 is 2.36 bits per heavy atom. The second-order valence-corrected chi connectivity index (χ2v) is 8.85. The number of nitrogens with zero attached hydrogens (tertiary/aromatic N) is 3. The number of rotatable bonds is 3. The molecule has 3 rings (SSSR count). The standard InChI is InChI=1S/C17H20ClN3O2S2/c1-11(2)12-10-24-15(19-12)17(23)21-7-3-6-20(8-9-21)16(22)13-4-5-14(18)25-13/h4-5,10-11H,3,6-9H2,1-2H3. The Labute approximate surface area is 160 Å². The number of carbonyl (C=O) groups excluding carboxylic acids is 2. The van der Waals surface area contributed by atoms with Gasteiger partial charge in [0, 0.05) is 31.6 Å². The van der Waals surface area contributed by atoms with E-state index in [2.05, 4.69) is 18.8 Å². The first-order valence-electron chi connectivity index (χ1n) is 8.25. The summed E-state index contributed by atoms with van der Waals surface area (Å²) in [6, 6.07) is 3.49. The zero-order valence-corrected chi connectivity index (χ0v) is 16.6. The van der Waals surface area contributed by atoms with Crippen LogP contribution in [-0.2, 0) is 0 Å². The van der Waals surface area contributed by atoms with Gasteiger partial charge in [0.25, 0.3) is 11.8 Å². The van der Waals surface area contributed by atoms with Crippen LogP contribution < -0.4 is 0 Å². The van der Waals surface area contributed by atoms with E-state index >= 15 is 0 Å². The second kappa shape index (κ2) is 7.85. The summed E-state index contributed by atoms with van der Waals surface area (Å²) in [5.74, 6) is 0.264. The van der Waals surface area contributed by atoms with Crippen molar-refractivity contribution in [1.29, 1.82) is 0 Å². The van der Waals surface area contributed by atoms with Crippen molar-refractivity contribution in [3.63, 3.8) is 0 Å². The van der Waals surface area contributed by atoms with E-state index in [1.807, 2.05) is 5.38 Å². The average Bonchev–Trinajstić information content (AvgIpc) is 3.17. The number of carbonyl (C=O) groups is 2. The van der Waals surface area contributed by atoms with Crippen LogP contribution in [0.2, 0.25) is 4.34 Å². The third-order valence-electron chi connectivity index (χ3n) is 4.15. The summed E-state index contributed by atoms with van der Waals surface area (Å²) in [6.07, 6.45) is 0.763. The number of thiophene rings is 1. The van der Waals surface area contributed by atoms with Crippen LogP contribution >= 0.6 is 34.3 Å². The lowest BCUT2D eigenvalue weighted by atomic mass is 10.2. The first kappa shape index (κ1) is 18.4. The van der Waals surface area contributed by atoms with Crippen LogP contribution in [0, 0.1) is 0 Å². The summed E-state index contributed by atoms with van der Waals surface area (Å²) in [7, 11) is 0. The van der Waals surface area contributed by atoms with Gasteiger partial charge in [-0.2, -0.15) is 0 Å². The lowest BCUT2D eigenvalue weighted by Gasteiger charge is -2.21. The zero-order valence-electron chi connectivity index (χ0n) is 14.2. The second-order valence-electron chi connectivity index (χ2n) is 6.27. The summed E-state index contributed by atoms with van der Waals surface area (Å²) < 4.78 is 0.611. The van der Waals surface area contributed by atoms with Crippen molar-refractivity contribution in [2.45, 2.75) is 26.2 Å². The molecule has 0 saturated carbocycles. The maximum atomic E-state index is 12.7. The molecule has 1 saturated heterocycles. The number of hydrogen-bond donors (Lipinski definition) is 0. The molecule has 0 bridgehead atoms. The highest BCUT2D eigenvalue weighted by molar-refractivity contribution is 7.18. The van der Waals surface area contributed by atoms with Gasteiger partial charge in [0.05, 0.1) is 14.9 Å². The van der Waals surface area contributed by atoms with Crippen LogP contribution in [0.4, 0.5) is 0 Å². The Kier molecular flexibility index (Phi) is 5.76. The lowest BCUT2D eigenvalue weighted by Crippen LogP contribution is -2.37. The summed E-state index contributed by atoms with van der Waals surface area (Å²) in [6.45, 7) is 6.48. The van der Waals surface area contributed by atoms with E-state index in [9.17, 15) is 9.59 Å². The van der Waals surface area contributed by atoms with Crippen LogP contribution in [-0.4, -0.2) is 52.8 Å². The Balaban J connectivity index is 1.64. The predicted molar refractivity (Wildman–Crippen MR) is 102 cm³/mol. The van der Waals surface area contributed by atoms with Crippen LogP contribution in [0.15, 0.2) is 17.5 Å².